The maximum Gasteiger partial charge on any atom is 0.421 e. The fourth-order valence-electron chi connectivity index (χ4n) is 3.92. The van der Waals surface area contributed by atoms with Crippen LogP contribution < -0.4 is 10.6 Å². The minimum absolute atomic E-state index is 0.104. The Morgan fingerprint density at radius 3 is 2.32 bits per heavy atom. The number of alkyl halides is 3. The highest BCUT2D eigenvalue weighted by atomic mass is 127. The largest absolute Gasteiger partial charge is 0.421 e. The first kappa shape index (κ1) is 21.9. The summed E-state index contributed by atoms with van der Waals surface area (Å²) in [6.07, 6.45) is 1.86. The first-order chi connectivity index (χ1) is 14.9. The Morgan fingerprint density at radius 2 is 1.61 bits per heavy atom. The summed E-state index contributed by atoms with van der Waals surface area (Å²) in [5.41, 5.74) is 1.52. The van der Waals surface area contributed by atoms with E-state index in [1.807, 2.05) is 48.5 Å². The van der Waals surface area contributed by atoms with Gasteiger partial charge < -0.3 is 10.6 Å². The van der Waals surface area contributed by atoms with Gasteiger partial charge in [-0.25, -0.2) is 4.98 Å². The number of nitrogens with one attached hydrogen (secondary N) is 2. The molecular weight excluding hydrogens is 516 g/mol. The molecule has 1 heterocycles. The van der Waals surface area contributed by atoms with Gasteiger partial charge in [-0.15, -0.1) is 0 Å². The molecule has 1 aliphatic carbocycles. The third kappa shape index (κ3) is 5.47. The van der Waals surface area contributed by atoms with Gasteiger partial charge in [0, 0.05) is 21.1 Å². The Morgan fingerprint density at radius 1 is 0.903 bits per heavy atom. The lowest BCUT2D eigenvalue weighted by molar-refractivity contribution is -0.137. The maximum absolute atomic E-state index is 13.7. The smallest absolute Gasteiger partial charge is 0.339 e. The molecular formula is C23H22F3IN4. The zero-order valence-electron chi connectivity index (χ0n) is 16.7. The van der Waals surface area contributed by atoms with Crippen molar-refractivity contribution in [1.29, 1.82) is 0 Å². The van der Waals surface area contributed by atoms with Crippen LogP contribution in [0.1, 0.15) is 49.1 Å². The van der Waals surface area contributed by atoms with Crippen molar-refractivity contribution < 1.29 is 13.2 Å². The predicted octanol–water partition coefficient (Wildman–Crippen LogP) is 7.63. The van der Waals surface area contributed by atoms with Crippen molar-refractivity contribution in [3.05, 3.63) is 69.4 Å². The topological polar surface area (TPSA) is 49.8 Å². The Balaban J connectivity index is 1.67. The molecule has 1 saturated carbocycles. The standard InChI is InChI=1S/C23H22F3IN4/c24-23(25,26)19-14-28-22(29-17-12-10-16(27)11-13-17)31-21(19)30-20-9-5-4-8-18(20)15-6-2-1-3-7-15/h4-5,8-15H,1-3,6-7H2,(H2,28,29,30,31). The predicted molar refractivity (Wildman–Crippen MR) is 125 cm³/mol. The van der Waals surface area contributed by atoms with Crippen LogP contribution in [0.15, 0.2) is 54.7 Å². The molecule has 4 nitrogen and oxygen atoms in total. The van der Waals surface area contributed by atoms with Crippen LogP contribution in [0.5, 0.6) is 0 Å². The van der Waals surface area contributed by atoms with Gasteiger partial charge in [0.25, 0.3) is 0 Å². The molecule has 0 amide bonds. The number of hydrogen-bond donors (Lipinski definition) is 2. The van der Waals surface area contributed by atoms with Crippen molar-refractivity contribution in [2.24, 2.45) is 0 Å². The molecule has 0 aliphatic heterocycles. The maximum atomic E-state index is 13.7. The summed E-state index contributed by atoms with van der Waals surface area (Å²) in [6, 6.07) is 15.0. The lowest BCUT2D eigenvalue weighted by atomic mass is 9.83. The molecule has 31 heavy (non-hydrogen) atoms. The highest BCUT2D eigenvalue weighted by Crippen LogP contribution is 2.39. The monoisotopic (exact) mass is 538 g/mol. The van der Waals surface area contributed by atoms with Crippen LogP contribution >= 0.6 is 22.6 Å². The molecule has 8 heteroatoms. The first-order valence-electron chi connectivity index (χ1n) is 10.2. The summed E-state index contributed by atoms with van der Waals surface area (Å²) in [5.74, 6) is 0.198. The fraction of sp³-hybridized carbons (Fsp3) is 0.304. The third-order valence-corrected chi connectivity index (χ3v) is 6.17. The number of nitrogens with zero attached hydrogens (tertiary/aromatic N) is 2. The van der Waals surface area contributed by atoms with Crippen molar-refractivity contribution in [1.82, 2.24) is 9.97 Å². The number of rotatable bonds is 5. The lowest BCUT2D eigenvalue weighted by Gasteiger charge is -2.25. The average Bonchev–Trinajstić information content (AvgIpc) is 2.76. The number of hydrogen-bond acceptors (Lipinski definition) is 4. The molecule has 0 radical (unpaired) electrons. The Bertz CT molecular complexity index is 1030. The first-order valence-corrected chi connectivity index (χ1v) is 11.3. The molecule has 3 aromatic rings. The molecule has 1 aliphatic rings. The zero-order valence-corrected chi connectivity index (χ0v) is 18.9. The normalized spacial score (nSPS) is 15.0. The number of benzene rings is 2. The molecule has 0 bridgehead atoms. The molecule has 2 aromatic carbocycles. The van der Waals surface area contributed by atoms with Crippen LogP contribution in [0.2, 0.25) is 0 Å². The van der Waals surface area contributed by atoms with Crippen LogP contribution in [0.3, 0.4) is 0 Å². The van der Waals surface area contributed by atoms with Gasteiger partial charge >= 0.3 is 6.18 Å². The molecule has 4 rings (SSSR count). The van der Waals surface area contributed by atoms with Crippen LogP contribution in [-0.2, 0) is 6.18 Å². The highest BCUT2D eigenvalue weighted by molar-refractivity contribution is 14.1. The summed E-state index contributed by atoms with van der Waals surface area (Å²) >= 11 is 2.19. The van der Waals surface area contributed by atoms with E-state index in [2.05, 4.69) is 43.2 Å². The SMILES string of the molecule is FC(F)(F)c1cnc(Nc2ccc(I)cc2)nc1Nc1ccccc1C1CCCCC1. The molecule has 0 spiro atoms. The Hall–Kier alpha value is -2.36. The minimum atomic E-state index is -4.57. The molecule has 1 aromatic heterocycles. The van der Waals surface area contributed by atoms with Crippen molar-refractivity contribution in [2.45, 2.75) is 44.2 Å². The van der Waals surface area contributed by atoms with Gasteiger partial charge in [-0.2, -0.15) is 18.2 Å². The average molecular weight is 538 g/mol. The van der Waals surface area contributed by atoms with Gasteiger partial charge in [-0.1, -0.05) is 37.5 Å². The summed E-state index contributed by atoms with van der Waals surface area (Å²) in [6.45, 7) is 0. The van der Waals surface area contributed by atoms with Gasteiger partial charge in [0.15, 0.2) is 0 Å². The number of anilines is 4. The van der Waals surface area contributed by atoms with Crippen molar-refractivity contribution in [3.63, 3.8) is 0 Å². The summed E-state index contributed by atoms with van der Waals surface area (Å²) in [7, 11) is 0. The van der Waals surface area contributed by atoms with Crippen LogP contribution in [0.25, 0.3) is 0 Å². The zero-order chi connectivity index (χ0) is 21.8. The van der Waals surface area contributed by atoms with Crippen molar-refractivity contribution in [2.75, 3.05) is 10.6 Å². The molecule has 162 valence electrons. The van der Waals surface area contributed by atoms with E-state index in [0.29, 0.717) is 17.3 Å². The van der Waals surface area contributed by atoms with Gasteiger partial charge in [-0.05, 0) is 77.2 Å². The van der Waals surface area contributed by atoms with Gasteiger partial charge in [-0.3, -0.25) is 0 Å². The van der Waals surface area contributed by atoms with E-state index in [9.17, 15) is 13.2 Å². The summed E-state index contributed by atoms with van der Waals surface area (Å²) < 4.78 is 42.1. The van der Waals surface area contributed by atoms with Crippen LogP contribution in [0, 0.1) is 3.57 Å². The van der Waals surface area contributed by atoms with E-state index in [0.717, 1.165) is 41.0 Å². The summed E-state index contributed by atoms with van der Waals surface area (Å²) in [4.78, 5) is 8.08. The Kier molecular flexibility index (Phi) is 6.64. The molecule has 0 atom stereocenters. The Labute approximate surface area is 192 Å². The molecule has 1 fully saturated rings. The van der Waals surface area contributed by atoms with Gasteiger partial charge in [0.2, 0.25) is 5.95 Å². The van der Waals surface area contributed by atoms with E-state index in [1.54, 1.807) is 0 Å². The highest BCUT2D eigenvalue weighted by Gasteiger charge is 2.35. The second-order valence-electron chi connectivity index (χ2n) is 7.63. The molecule has 2 N–H and O–H groups in total. The van der Waals surface area contributed by atoms with E-state index in [4.69, 9.17) is 0 Å². The molecule has 0 saturated heterocycles. The van der Waals surface area contributed by atoms with Crippen molar-refractivity contribution in [3.8, 4) is 0 Å². The van der Waals surface area contributed by atoms with E-state index >= 15 is 0 Å². The third-order valence-electron chi connectivity index (χ3n) is 5.45. The van der Waals surface area contributed by atoms with Crippen LogP contribution in [0.4, 0.5) is 36.3 Å². The minimum Gasteiger partial charge on any atom is -0.339 e. The summed E-state index contributed by atoms with van der Waals surface area (Å²) in [5, 5.41) is 5.95. The van der Waals surface area contributed by atoms with Crippen LogP contribution in [-0.4, -0.2) is 9.97 Å². The quantitative estimate of drug-likeness (QED) is 0.328. The second kappa shape index (κ2) is 9.42. The van der Waals surface area contributed by atoms with Crippen molar-refractivity contribution >= 4 is 45.7 Å². The fourth-order valence-corrected chi connectivity index (χ4v) is 4.27. The van der Waals surface area contributed by atoms with E-state index < -0.39 is 11.7 Å². The van der Waals surface area contributed by atoms with Gasteiger partial charge in [0.1, 0.15) is 11.4 Å². The van der Waals surface area contributed by atoms with E-state index in [-0.39, 0.29) is 11.8 Å². The number of halogens is 4. The number of para-hydroxylation sites is 1. The number of aromatic nitrogens is 2. The molecule has 0 unspecified atom stereocenters. The van der Waals surface area contributed by atoms with Gasteiger partial charge in [0.05, 0.1) is 0 Å². The second-order valence-corrected chi connectivity index (χ2v) is 8.88. The van der Waals surface area contributed by atoms with E-state index in [1.165, 1.54) is 6.42 Å². The lowest BCUT2D eigenvalue weighted by Crippen LogP contribution is -2.14.